The van der Waals surface area contributed by atoms with Crippen LogP contribution in [0.15, 0.2) is 85.1 Å². The molecule has 346 valence electrons. The van der Waals surface area contributed by atoms with E-state index in [4.69, 9.17) is 21.6 Å². The number of amides is 4. The van der Waals surface area contributed by atoms with E-state index in [9.17, 15) is 29.5 Å². The molecule has 6 N–H and O–H groups in total. The number of anilines is 1. The Kier molecular flexibility index (Phi) is 15.1. The summed E-state index contributed by atoms with van der Waals surface area (Å²) in [7, 11) is 0. The molecular weight excluding hydrogens is 858 g/mol. The third-order valence-corrected chi connectivity index (χ3v) is 12.7. The van der Waals surface area contributed by atoms with Gasteiger partial charge in [0.2, 0.25) is 17.7 Å². The van der Waals surface area contributed by atoms with Crippen molar-refractivity contribution < 1.29 is 29.0 Å². The van der Waals surface area contributed by atoms with Gasteiger partial charge in [-0.2, -0.15) is 10.5 Å². The second-order valence-corrected chi connectivity index (χ2v) is 19.6. The molecule has 3 aromatic carbocycles. The summed E-state index contributed by atoms with van der Waals surface area (Å²) in [5.41, 5.74) is 2.47. The highest BCUT2D eigenvalue weighted by molar-refractivity contribution is 6.31. The van der Waals surface area contributed by atoms with Crippen LogP contribution >= 0.6 is 11.6 Å². The summed E-state index contributed by atoms with van der Waals surface area (Å²) in [5.74, 6) is -0.229. The summed E-state index contributed by atoms with van der Waals surface area (Å²) >= 11 is 6.24. The Hall–Kier alpha value is -6.52. The second kappa shape index (κ2) is 20.3. The van der Waals surface area contributed by atoms with E-state index in [1.807, 2.05) is 45.0 Å². The largest absolute Gasteiger partial charge is 0.489 e. The Morgan fingerprint density at radius 2 is 1.61 bits per heavy atom. The fraction of sp³-hybridized carbons (Fsp3) is 0.420. The molecule has 0 bridgehead atoms. The summed E-state index contributed by atoms with van der Waals surface area (Å²) in [6.07, 6.45) is 0.714. The van der Waals surface area contributed by atoms with Crippen molar-refractivity contribution in [1.29, 1.82) is 10.5 Å². The number of carbonyl (C=O) groups is 4. The first-order valence-electron chi connectivity index (χ1n) is 22.0. The Labute approximate surface area is 391 Å². The highest BCUT2D eigenvalue weighted by atomic mass is 35.5. The lowest BCUT2D eigenvalue weighted by Gasteiger charge is -2.63. The quantitative estimate of drug-likeness (QED) is 0.0764. The molecule has 6 rings (SSSR count). The smallest absolute Gasteiger partial charge is 0.251 e. The molecule has 2 heterocycles. The number of nitrogens with zero attached hydrogens (tertiary/aromatic N) is 4. The van der Waals surface area contributed by atoms with E-state index < -0.39 is 52.2 Å². The predicted octanol–water partition coefficient (Wildman–Crippen LogP) is 5.57. The van der Waals surface area contributed by atoms with Crippen LogP contribution in [-0.4, -0.2) is 95.1 Å². The minimum Gasteiger partial charge on any atom is -0.489 e. The molecule has 0 spiro atoms. The lowest BCUT2D eigenvalue weighted by atomic mass is 9.49. The summed E-state index contributed by atoms with van der Waals surface area (Å²) in [6.45, 7) is 14.7. The molecule has 15 nitrogen and oxygen atoms in total. The number of carbonyl (C=O) groups excluding carboxylic acids is 4. The van der Waals surface area contributed by atoms with Crippen molar-refractivity contribution in [2.45, 2.75) is 91.8 Å². The van der Waals surface area contributed by atoms with E-state index in [-0.39, 0.29) is 44.1 Å². The zero-order chi connectivity index (χ0) is 48.0. The molecule has 4 aromatic rings. The fourth-order valence-electron chi connectivity index (χ4n) is 9.11. The summed E-state index contributed by atoms with van der Waals surface area (Å²) < 4.78 is 6.36. The SMILES string of the molecule is CC(C)(C)C(NC(=O)CNCCNc1ccc(-c2ccc(C(=O)N[C@H]3C(C)(C)[C@H](Oc4ccc(C#N)c(Cl)c4)C3(C)C)cc2)cn1)C(=O)N1C[C@H](O)C[C@H]1C(=O)NCc1ccc(C#N)cc1. The van der Waals surface area contributed by atoms with E-state index in [2.05, 4.69) is 71.4 Å². The Balaban J connectivity index is 0.936. The highest BCUT2D eigenvalue weighted by Crippen LogP contribution is 2.55. The molecule has 1 aliphatic carbocycles. The lowest BCUT2D eigenvalue weighted by molar-refractivity contribution is -0.164. The molecule has 0 radical (unpaired) electrons. The van der Waals surface area contributed by atoms with Gasteiger partial charge in [0, 0.05) is 72.9 Å². The number of ether oxygens (including phenoxy) is 1. The van der Waals surface area contributed by atoms with Gasteiger partial charge in [0.05, 0.1) is 34.9 Å². The standard InChI is InChI=1S/C50H58ClN9O6/c1-48(2,3)42(45(65)60-29-36(61)22-39(60)44(64)57-26-31-10-8-30(24-52)9-11-31)58-41(62)28-54-20-21-55-40-19-17-35(27-56-40)32-12-14-33(15-13-32)43(63)59-46-49(4,5)47(50(46,6)7)66-37-18-16-34(25-53)38(51)23-37/h8-19,23,27,36,39,42,46-47,54,61H,20-22,26,28-29H2,1-7H3,(H,55,56)(H,57,64)(H,58,62)(H,59,63)/t36-,39+,42?,46-,47-/m1/s1. The maximum Gasteiger partial charge on any atom is 0.251 e. The van der Waals surface area contributed by atoms with E-state index in [1.54, 1.807) is 60.8 Å². The number of nitriles is 2. The third kappa shape index (κ3) is 11.3. The van der Waals surface area contributed by atoms with E-state index in [1.165, 1.54) is 4.90 Å². The number of benzene rings is 3. The van der Waals surface area contributed by atoms with Crippen LogP contribution in [0, 0.1) is 38.9 Å². The van der Waals surface area contributed by atoms with Crippen molar-refractivity contribution in [3.8, 4) is 29.0 Å². The van der Waals surface area contributed by atoms with E-state index in [0.29, 0.717) is 46.4 Å². The van der Waals surface area contributed by atoms with Gasteiger partial charge in [-0.1, -0.05) is 84.3 Å². The molecule has 3 atom stereocenters. The zero-order valence-electron chi connectivity index (χ0n) is 38.4. The average molecular weight is 917 g/mol. The van der Waals surface area contributed by atoms with Gasteiger partial charge in [-0.15, -0.1) is 0 Å². The first-order chi connectivity index (χ1) is 31.2. The van der Waals surface area contributed by atoms with Gasteiger partial charge in [0.1, 0.15) is 35.8 Å². The molecule has 2 aliphatic rings. The molecule has 1 aliphatic heterocycles. The summed E-state index contributed by atoms with van der Waals surface area (Å²) in [4.78, 5) is 59.6. The van der Waals surface area contributed by atoms with Crippen LogP contribution in [0.1, 0.15) is 81.9 Å². The van der Waals surface area contributed by atoms with Crippen LogP contribution < -0.4 is 31.3 Å². The maximum absolute atomic E-state index is 13.9. The number of pyridine rings is 1. The van der Waals surface area contributed by atoms with Crippen molar-refractivity contribution in [3.05, 3.63) is 112 Å². The number of hydrogen-bond acceptors (Lipinski definition) is 11. The van der Waals surface area contributed by atoms with Crippen molar-refractivity contribution in [1.82, 2.24) is 31.2 Å². The fourth-order valence-corrected chi connectivity index (χ4v) is 9.32. The van der Waals surface area contributed by atoms with Gasteiger partial charge in [-0.3, -0.25) is 19.2 Å². The first kappa shape index (κ1) is 48.9. The molecular formula is C50H58ClN9O6. The zero-order valence-corrected chi connectivity index (χ0v) is 39.1. The number of β-amino-alcohol motifs (C(OH)–C–C–N with tert-alkyl or cyclic N) is 1. The lowest BCUT2D eigenvalue weighted by Crippen LogP contribution is -2.74. The number of aliphatic hydroxyl groups excluding tert-OH is 1. The van der Waals surface area contributed by atoms with E-state index >= 15 is 0 Å². The van der Waals surface area contributed by atoms with Gasteiger partial charge in [0.15, 0.2) is 0 Å². The summed E-state index contributed by atoms with van der Waals surface area (Å²) in [6, 6.07) is 25.0. The second-order valence-electron chi connectivity index (χ2n) is 19.2. The number of aromatic nitrogens is 1. The van der Waals surface area contributed by atoms with Crippen LogP contribution in [0.25, 0.3) is 11.1 Å². The molecule has 1 saturated heterocycles. The number of hydrogen-bond donors (Lipinski definition) is 6. The van der Waals surface area contributed by atoms with Gasteiger partial charge in [0.25, 0.3) is 5.91 Å². The van der Waals surface area contributed by atoms with Gasteiger partial charge >= 0.3 is 0 Å². The van der Waals surface area contributed by atoms with Crippen molar-refractivity contribution in [3.63, 3.8) is 0 Å². The molecule has 1 unspecified atom stereocenters. The highest BCUT2D eigenvalue weighted by Gasteiger charge is 2.64. The van der Waals surface area contributed by atoms with Crippen LogP contribution in [0.4, 0.5) is 5.82 Å². The Morgan fingerprint density at radius 1 is 0.924 bits per heavy atom. The van der Waals surface area contributed by atoms with Gasteiger partial charge < -0.3 is 41.3 Å². The number of rotatable bonds is 16. The minimum atomic E-state index is -0.954. The average Bonchev–Trinajstić information content (AvgIpc) is 3.69. The molecule has 4 amide bonds. The molecule has 2 fully saturated rings. The molecule has 16 heteroatoms. The Morgan fingerprint density at radius 3 is 2.21 bits per heavy atom. The number of likely N-dealkylation sites (tertiary alicyclic amines) is 1. The third-order valence-electron chi connectivity index (χ3n) is 12.4. The molecule has 1 aromatic heterocycles. The van der Waals surface area contributed by atoms with Gasteiger partial charge in [-0.05, 0) is 65.1 Å². The Bertz CT molecular complexity index is 2480. The van der Waals surface area contributed by atoms with Crippen LogP contribution in [0.5, 0.6) is 5.75 Å². The summed E-state index contributed by atoms with van der Waals surface area (Å²) in [5, 5.41) is 44.3. The molecule has 1 saturated carbocycles. The van der Waals surface area contributed by atoms with Crippen molar-refractivity contribution in [2.24, 2.45) is 16.2 Å². The van der Waals surface area contributed by atoms with Crippen molar-refractivity contribution in [2.75, 3.05) is 31.5 Å². The topological polar surface area (TPSA) is 222 Å². The van der Waals surface area contributed by atoms with Crippen LogP contribution in [-0.2, 0) is 20.9 Å². The van der Waals surface area contributed by atoms with E-state index in [0.717, 1.165) is 16.7 Å². The molecule has 66 heavy (non-hydrogen) atoms. The number of nitrogens with one attached hydrogen (secondary N) is 5. The predicted molar refractivity (Wildman–Crippen MR) is 251 cm³/mol. The maximum atomic E-state index is 13.9. The normalized spacial score (nSPS) is 19.8. The van der Waals surface area contributed by atoms with Crippen molar-refractivity contribution >= 4 is 41.0 Å². The monoisotopic (exact) mass is 915 g/mol. The number of aliphatic hydroxyl groups is 1. The van der Waals surface area contributed by atoms with Crippen LogP contribution in [0.2, 0.25) is 5.02 Å². The first-order valence-corrected chi connectivity index (χ1v) is 22.3. The minimum absolute atomic E-state index is 0.0304. The van der Waals surface area contributed by atoms with Crippen LogP contribution in [0.3, 0.4) is 0 Å². The number of halogens is 1. The van der Waals surface area contributed by atoms with Gasteiger partial charge in [-0.25, -0.2) is 4.98 Å².